The van der Waals surface area contributed by atoms with Crippen molar-refractivity contribution in [1.82, 2.24) is 20.9 Å². The van der Waals surface area contributed by atoms with Crippen LogP contribution in [0, 0.1) is 11.8 Å². The number of Topliss-reactive ketones (excluding diaryl/α,β-unsaturated/α-hetero) is 2. The number of rotatable bonds is 15. The second-order valence-electron chi connectivity index (χ2n) is 10.7. The minimum Gasteiger partial charge on any atom is -0.497 e. The van der Waals surface area contributed by atoms with Crippen LogP contribution in [0.15, 0.2) is 48.8 Å². The number of pyridine rings is 1. The Bertz CT molecular complexity index is 1240. The molecule has 4 atom stereocenters. The van der Waals surface area contributed by atoms with Crippen LogP contribution in [0.3, 0.4) is 0 Å². The van der Waals surface area contributed by atoms with E-state index in [0.29, 0.717) is 17.6 Å². The van der Waals surface area contributed by atoms with Crippen LogP contribution in [0.5, 0.6) is 5.75 Å². The minimum atomic E-state index is -1.04. The summed E-state index contributed by atoms with van der Waals surface area (Å²) in [5.41, 5.74) is -0.249. The molecule has 2 fully saturated rings. The Morgan fingerprint density at radius 1 is 1.07 bits per heavy atom. The van der Waals surface area contributed by atoms with Crippen LogP contribution in [-0.4, -0.2) is 66.3 Å². The zero-order chi connectivity index (χ0) is 29.4. The molecule has 2 aromatic rings. The maximum Gasteiger partial charge on any atom is 0.254 e. The summed E-state index contributed by atoms with van der Waals surface area (Å²) in [6, 6.07) is 9.70. The van der Waals surface area contributed by atoms with Crippen molar-refractivity contribution in [3.8, 4) is 5.75 Å². The largest absolute Gasteiger partial charge is 0.497 e. The van der Waals surface area contributed by atoms with Crippen LogP contribution in [0.25, 0.3) is 0 Å². The molecule has 1 aromatic carbocycles. The molecule has 2 amide bonds. The summed E-state index contributed by atoms with van der Waals surface area (Å²) < 4.78 is 10.7. The van der Waals surface area contributed by atoms with Gasteiger partial charge in [0.15, 0.2) is 11.6 Å². The van der Waals surface area contributed by atoms with Crippen molar-refractivity contribution in [2.75, 3.05) is 13.7 Å². The van der Waals surface area contributed by atoms with Gasteiger partial charge in [0.2, 0.25) is 5.91 Å². The predicted octanol–water partition coefficient (Wildman–Crippen LogP) is 2.20. The number of epoxide rings is 1. The number of ketones is 2. The first kappa shape index (κ1) is 30.0. The van der Waals surface area contributed by atoms with Gasteiger partial charge in [-0.25, -0.2) is 0 Å². The van der Waals surface area contributed by atoms with Gasteiger partial charge in [-0.15, -0.1) is 0 Å². The van der Waals surface area contributed by atoms with Crippen LogP contribution in [0.4, 0.5) is 0 Å². The lowest BCUT2D eigenvalue weighted by molar-refractivity contribution is -0.139. The Kier molecular flexibility index (Phi) is 9.95. The van der Waals surface area contributed by atoms with E-state index in [-0.39, 0.29) is 42.5 Å². The van der Waals surface area contributed by atoms with Crippen molar-refractivity contribution in [2.45, 2.75) is 63.4 Å². The third-order valence-electron chi connectivity index (χ3n) is 7.60. The Morgan fingerprint density at radius 3 is 2.37 bits per heavy atom. The smallest absolute Gasteiger partial charge is 0.254 e. The average molecular weight is 565 g/mol. The molecule has 1 aliphatic heterocycles. The lowest BCUT2D eigenvalue weighted by atomic mass is 9.82. The number of aldehydes is 1. The third-order valence-corrected chi connectivity index (χ3v) is 7.60. The Balaban J connectivity index is 1.54. The van der Waals surface area contributed by atoms with Gasteiger partial charge >= 0.3 is 0 Å². The summed E-state index contributed by atoms with van der Waals surface area (Å²) in [5, 5.41) is 8.56. The molecule has 218 valence electrons. The predicted molar refractivity (Wildman–Crippen MR) is 148 cm³/mol. The zero-order valence-electron chi connectivity index (χ0n) is 23.3. The topological polar surface area (TPSA) is 156 Å². The number of amides is 2. The van der Waals surface area contributed by atoms with Crippen molar-refractivity contribution >= 4 is 29.7 Å². The molecule has 2 heterocycles. The minimum absolute atomic E-state index is 0.139. The Labute approximate surface area is 238 Å². The van der Waals surface area contributed by atoms with E-state index in [1.807, 2.05) is 0 Å². The van der Waals surface area contributed by atoms with Crippen LogP contribution >= 0.6 is 0 Å². The molecule has 0 spiro atoms. The summed E-state index contributed by atoms with van der Waals surface area (Å²) in [6.45, 7) is 2.01. The molecule has 0 unspecified atom stereocenters. The summed E-state index contributed by atoms with van der Waals surface area (Å²) in [6.07, 6.45) is 4.59. The SMILES string of the molecule is COc1ccc(C(=O)C[C@H](NC(=O)[C@H](C(=O)C2CCCC2)[C@]2(C)CO2)N[C@@H](CC=O)NC(=O)c2cccnc2)cc1. The van der Waals surface area contributed by atoms with E-state index in [2.05, 4.69) is 20.9 Å². The second kappa shape index (κ2) is 13.6. The number of aromatic nitrogens is 1. The summed E-state index contributed by atoms with van der Waals surface area (Å²) >= 11 is 0. The maximum atomic E-state index is 13.7. The molecule has 1 aromatic heterocycles. The molecular weight excluding hydrogens is 528 g/mol. The lowest BCUT2D eigenvalue weighted by Gasteiger charge is -2.29. The number of carbonyl (C=O) groups excluding carboxylic acids is 5. The van der Waals surface area contributed by atoms with Crippen LogP contribution in [0.1, 0.15) is 66.2 Å². The number of nitrogens with one attached hydrogen (secondary N) is 3. The molecule has 2 aliphatic rings. The number of hydrogen-bond acceptors (Lipinski definition) is 9. The first-order valence-electron chi connectivity index (χ1n) is 13.8. The van der Waals surface area contributed by atoms with Gasteiger partial charge in [-0.2, -0.15) is 0 Å². The van der Waals surface area contributed by atoms with Crippen molar-refractivity contribution in [2.24, 2.45) is 11.8 Å². The van der Waals surface area contributed by atoms with E-state index in [9.17, 15) is 24.0 Å². The molecule has 11 nitrogen and oxygen atoms in total. The summed E-state index contributed by atoms with van der Waals surface area (Å²) in [5.74, 6) is -2.18. The molecule has 0 radical (unpaired) electrons. The number of benzene rings is 1. The molecule has 1 aliphatic carbocycles. The fourth-order valence-electron chi connectivity index (χ4n) is 5.17. The van der Waals surface area contributed by atoms with E-state index in [1.165, 1.54) is 19.5 Å². The number of nitrogens with zero attached hydrogens (tertiary/aromatic N) is 1. The van der Waals surface area contributed by atoms with Gasteiger partial charge < -0.3 is 24.9 Å². The molecule has 1 saturated carbocycles. The number of methoxy groups -OCH3 is 1. The molecule has 4 rings (SSSR count). The van der Waals surface area contributed by atoms with Gasteiger partial charge in [0, 0.05) is 36.7 Å². The van der Waals surface area contributed by atoms with E-state index < -0.39 is 35.7 Å². The van der Waals surface area contributed by atoms with Gasteiger partial charge in [0.05, 0.1) is 31.6 Å². The van der Waals surface area contributed by atoms with Crippen molar-refractivity contribution in [3.63, 3.8) is 0 Å². The first-order chi connectivity index (χ1) is 19.7. The summed E-state index contributed by atoms with van der Waals surface area (Å²) in [4.78, 5) is 68.6. The quantitative estimate of drug-likeness (QED) is 0.0970. The van der Waals surface area contributed by atoms with Gasteiger partial charge in [-0.3, -0.25) is 29.5 Å². The highest BCUT2D eigenvalue weighted by Gasteiger charge is 2.55. The highest BCUT2D eigenvalue weighted by molar-refractivity contribution is 6.04. The van der Waals surface area contributed by atoms with E-state index in [0.717, 1.165) is 25.7 Å². The van der Waals surface area contributed by atoms with Crippen LogP contribution in [0.2, 0.25) is 0 Å². The maximum absolute atomic E-state index is 13.7. The van der Waals surface area contributed by atoms with E-state index in [4.69, 9.17) is 9.47 Å². The standard InChI is InChI=1S/C30H36N4O7/c1-30(18-41-30)26(27(37)20-6-3-4-7-20)29(39)34-25(16-23(36)19-9-11-22(40-2)12-10-19)32-24(13-15-35)33-28(38)21-8-5-14-31-17-21/h5,8-12,14-15,17,20,24-26,32H,3-4,6-7,13,16,18H2,1-2H3,(H,33,38)(H,34,39)/t24-,25+,26+,30+/m1/s1. The Hall–Kier alpha value is -3.96. The first-order valence-corrected chi connectivity index (χ1v) is 13.8. The molecule has 41 heavy (non-hydrogen) atoms. The molecule has 11 heteroatoms. The number of ether oxygens (including phenoxy) is 2. The highest BCUT2D eigenvalue weighted by Crippen LogP contribution is 2.39. The molecule has 0 bridgehead atoms. The number of hydrogen-bond donors (Lipinski definition) is 3. The van der Waals surface area contributed by atoms with Crippen molar-refractivity contribution in [3.05, 3.63) is 59.9 Å². The van der Waals surface area contributed by atoms with Crippen molar-refractivity contribution in [1.29, 1.82) is 0 Å². The van der Waals surface area contributed by atoms with Gasteiger partial charge in [-0.1, -0.05) is 12.8 Å². The number of carbonyl (C=O) groups is 5. The van der Waals surface area contributed by atoms with Crippen LogP contribution < -0.4 is 20.7 Å². The van der Waals surface area contributed by atoms with E-state index >= 15 is 0 Å². The molecule has 3 N–H and O–H groups in total. The van der Waals surface area contributed by atoms with Crippen molar-refractivity contribution < 1.29 is 33.4 Å². The Morgan fingerprint density at radius 2 is 1.78 bits per heavy atom. The average Bonchev–Trinajstić information content (AvgIpc) is 3.46. The van der Waals surface area contributed by atoms with Gasteiger partial charge in [0.25, 0.3) is 5.91 Å². The zero-order valence-corrected chi connectivity index (χ0v) is 23.3. The van der Waals surface area contributed by atoms with Gasteiger partial charge in [0.1, 0.15) is 23.6 Å². The third kappa shape index (κ3) is 7.83. The molecular formula is C30H36N4O7. The molecule has 1 saturated heterocycles. The van der Waals surface area contributed by atoms with E-state index in [1.54, 1.807) is 43.3 Å². The fraction of sp³-hybridized carbons (Fsp3) is 0.467. The second-order valence-corrected chi connectivity index (χ2v) is 10.7. The highest BCUT2D eigenvalue weighted by atomic mass is 16.6. The monoisotopic (exact) mass is 564 g/mol. The fourth-order valence-corrected chi connectivity index (χ4v) is 5.17. The van der Waals surface area contributed by atoms with Gasteiger partial charge in [-0.05, 0) is 56.2 Å². The summed E-state index contributed by atoms with van der Waals surface area (Å²) in [7, 11) is 1.52. The van der Waals surface area contributed by atoms with Crippen LogP contribution in [-0.2, 0) is 19.1 Å². The lowest BCUT2D eigenvalue weighted by Crippen LogP contribution is -2.58. The normalized spacial score (nSPS) is 20.3.